The maximum atomic E-state index is 12.4. The van der Waals surface area contributed by atoms with Gasteiger partial charge in [0, 0.05) is 17.8 Å². The highest BCUT2D eigenvalue weighted by Gasteiger charge is 2.13. The lowest BCUT2D eigenvalue weighted by Gasteiger charge is -2.10. The number of aromatic nitrogens is 3. The molecule has 1 aromatic carbocycles. The number of rotatable bonds is 5. The molecule has 7 heteroatoms. The fourth-order valence-corrected chi connectivity index (χ4v) is 2.45. The van der Waals surface area contributed by atoms with Gasteiger partial charge in [-0.3, -0.25) is 4.79 Å². The van der Waals surface area contributed by atoms with Gasteiger partial charge in [-0.25, -0.2) is 9.97 Å². The SMILES string of the molecule is Cc1nc(Nc2ccc(C(C)C)cc2)cc(C(=O)Nc2cc(C)on2)n1. The Morgan fingerprint density at radius 2 is 1.77 bits per heavy atom. The van der Waals surface area contributed by atoms with Crippen molar-refractivity contribution < 1.29 is 9.32 Å². The first-order valence-electron chi connectivity index (χ1n) is 8.38. The number of amides is 1. The van der Waals surface area contributed by atoms with E-state index in [2.05, 4.69) is 51.7 Å². The van der Waals surface area contributed by atoms with Crippen molar-refractivity contribution in [3.63, 3.8) is 0 Å². The second-order valence-electron chi connectivity index (χ2n) is 6.36. The number of benzene rings is 1. The summed E-state index contributed by atoms with van der Waals surface area (Å²) in [4.78, 5) is 20.9. The smallest absolute Gasteiger partial charge is 0.275 e. The Labute approximate surface area is 151 Å². The Morgan fingerprint density at radius 1 is 1.04 bits per heavy atom. The van der Waals surface area contributed by atoms with Crippen LogP contribution in [0, 0.1) is 13.8 Å². The summed E-state index contributed by atoms with van der Waals surface area (Å²) in [5.74, 6) is 2.11. The van der Waals surface area contributed by atoms with E-state index in [4.69, 9.17) is 4.52 Å². The van der Waals surface area contributed by atoms with E-state index in [1.54, 1.807) is 26.0 Å². The van der Waals surface area contributed by atoms with Gasteiger partial charge in [-0.15, -0.1) is 0 Å². The number of aryl methyl sites for hydroxylation is 2. The Kier molecular flexibility index (Phi) is 4.97. The Bertz CT molecular complexity index is 916. The van der Waals surface area contributed by atoms with Crippen LogP contribution in [0.25, 0.3) is 0 Å². The average Bonchev–Trinajstić information content (AvgIpc) is 2.99. The van der Waals surface area contributed by atoms with Crippen LogP contribution in [-0.2, 0) is 0 Å². The Balaban J connectivity index is 1.77. The van der Waals surface area contributed by atoms with Crippen LogP contribution < -0.4 is 10.6 Å². The van der Waals surface area contributed by atoms with Gasteiger partial charge in [-0.2, -0.15) is 0 Å². The van der Waals surface area contributed by atoms with Crippen molar-refractivity contribution in [1.82, 2.24) is 15.1 Å². The van der Waals surface area contributed by atoms with Crippen molar-refractivity contribution in [1.29, 1.82) is 0 Å². The van der Waals surface area contributed by atoms with Crippen LogP contribution in [0.1, 0.15) is 47.4 Å². The molecular formula is C19H21N5O2. The monoisotopic (exact) mass is 351 g/mol. The third-order valence-electron chi connectivity index (χ3n) is 3.79. The summed E-state index contributed by atoms with van der Waals surface area (Å²) in [6.45, 7) is 7.79. The standard InChI is InChI=1S/C19H21N5O2/c1-11(2)14-5-7-15(8-6-14)22-17-10-16(20-13(4)21-17)19(25)23-18-9-12(3)26-24-18/h5-11H,1-4H3,(H,20,21,22)(H,23,24,25). The largest absolute Gasteiger partial charge is 0.360 e. The summed E-state index contributed by atoms with van der Waals surface area (Å²) in [6, 6.07) is 11.4. The number of carbonyl (C=O) groups is 1. The molecule has 0 radical (unpaired) electrons. The maximum absolute atomic E-state index is 12.4. The van der Waals surface area contributed by atoms with Crippen molar-refractivity contribution in [3.05, 3.63) is 59.2 Å². The summed E-state index contributed by atoms with van der Waals surface area (Å²) < 4.78 is 4.94. The summed E-state index contributed by atoms with van der Waals surface area (Å²) in [5.41, 5.74) is 2.41. The zero-order chi connectivity index (χ0) is 18.7. The quantitative estimate of drug-likeness (QED) is 0.715. The van der Waals surface area contributed by atoms with Crippen LogP contribution in [0.5, 0.6) is 0 Å². The van der Waals surface area contributed by atoms with E-state index < -0.39 is 0 Å². The first kappa shape index (κ1) is 17.6. The van der Waals surface area contributed by atoms with Gasteiger partial charge in [0.05, 0.1) is 0 Å². The van der Waals surface area contributed by atoms with E-state index in [9.17, 15) is 4.79 Å². The zero-order valence-corrected chi connectivity index (χ0v) is 15.2. The summed E-state index contributed by atoms with van der Waals surface area (Å²) >= 11 is 0. The van der Waals surface area contributed by atoms with Crippen molar-refractivity contribution >= 4 is 23.2 Å². The van der Waals surface area contributed by atoms with Crippen LogP contribution >= 0.6 is 0 Å². The molecule has 134 valence electrons. The van der Waals surface area contributed by atoms with Gasteiger partial charge in [0.1, 0.15) is 23.1 Å². The lowest BCUT2D eigenvalue weighted by molar-refractivity contribution is 0.102. The summed E-state index contributed by atoms with van der Waals surface area (Å²) in [5, 5.41) is 9.61. The lowest BCUT2D eigenvalue weighted by Crippen LogP contribution is -2.15. The molecule has 7 nitrogen and oxygen atoms in total. The number of nitrogens with one attached hydrogen (secondary N) is 2. The predicted octanol–water partition coefficient (Wildman–Crippen LogP) is 4.20. The second-order valence-corrected chi connectivity index (χ2v) is 6.36. The Morgan fingerprint density at radius 3 is 2.38 bits per heavy atom. The van der Waals surface area contributed by atoms with Crippen LogP contribution in [-0.4, -0.2) is 21.0 Å². The molecule has 0 atom stereocenters. The average molecular weight is 351 g/mol. The number of hydrogen-bond donors (Lipinski definition) is 2. The van der Waals surface area contributed by atoms with Crippen LogP contribution in [0.4, 0.5) is 17.3 Å². The van der Waals surface area contributed by atoms with Crippen molar-refractivity contribution in [3.8, 4) is 0 Å². The number of hydrogen-bond acceptors (Lipinski definition) is 6. The highest BCUT2D eigenvalue weighted by molar-refractivity contribution is 6.02. The van der Waals surface area contributed by atoms with Crippen molar-refractivity contribution in [2.75, 3.05) is 10.6 Å². The number of carbonyl (C=O) groups excluding carboxylic acids is 1. The molecule has 0 saturated heterocycles. The lowest BCUT2D eigenvalue weighted by atomic mass is 10.0. The Hall–Kier alpha value is -3.22. The number of nitrogens with zero attached hydrogens (tertiary/aromatic N) is 3. The number of anilines is 3. The van der Waals surface area contributed by atoms with Gasteiger partial charge >= 0.3 is 0 Å². The van der Waals surface area contributed by atoms with E-state index in [-0.39, 0.29) is 11.6 Å². The molecule has 0 aliphatic rings. The topological polar surface area (TPSA) is 92.9 Å². The minimum absolute atomic E-state index is 0.249. The molecule has 0 saturated carbocycles. The van der Waals surface area contributed by atoms with Crippen LogP contribution in [0.15, 0.2) is 40.9 Å². The molecule has 2 N–H and O–H groups in total. The van der Waals surface area contributed by atoms with Crippen molar-refractivity contribution in [2.45, 2.75) is 33.6 Å². The van der Waals surface area contributed by atoms with E-state index >= 15 is 0 Å². The van der Waals surface area contributed by atoms with Gasteiger partial charge in [0.15, 0.2) is 5.82 Å². The van der Waals surface area contributed by atoms with Gasteiger partial charge in [-0.05, 0) is 37.5 Å². The van der Waals surface area contributed by atoms with E-state index in [1.807, 2.05) is 12.1 Å². The molecule has 3 rings (SSSR count). The molecule has 1 amide bonds. The van der Waals surface area contributed by atoms with E-state index in [1.165, 1.54) is 5.56 Å². The van der Waals surface area contributed by atoms with Crippen LogP contribution in [0.2, 0.25) is 0 Å². The molecule has 26 heavy (non-hydrogen) atoms. The van der Waals surface area contributed by atoms with Gasteiger partial charge in [-0.1, -0.05) is 31.1 Å². The minimum Gasteiger partial charge on any atom is -0.360 e. The molecule has 2 heterocycles. The van der Waals surface area contributed by atoms with E-state index in [0.29, 0.717) is 29.1 Å². The molecular weight excluding hydrogens is 330 g/mol. The molecule has 0 bridgehead atoms. The molecule has 0 aliphatic carbocycles. The molecule has 0 spiro atoms. The molecule has 0 aliphatic heterocycles. The first-order valence-corrected chi connectivity index (χ1v) is 8.38. The van der Waals surface area contributed by atoms with Gasteiger partial charge < -0.3 is 15.2 Å². The summed E-state index contributed by atoms with van der Waals surface area (Å²) in [6.07, 6.45) is 0. The highest BCUT2D eigenvalue weighted by atomic mass is 16.5. The first-order chi connectivity index (χ1) is 12.4. The molecule has 2 aromatic heterocycles. The predicted molar refractivity (Wildman–Crippen MR) is 99.8 cm³/mol. The van der Waals surface area contributed by atoms with Crippen LogP contribution in [0.3, 0.4) is 0 Å². The fourth-order valence-electron chi connectivity index (χ4n) is 2.45. The third kappa shape index (κ3) is 4.24. The molecule has 0 fully saturated rings. The van der Waals surface area contributed by atoms with Crippen molar-refractivity contribution in [2.24, 2.45) is 0 Å². The highest BCUT2D eigenvalue weighted by Crippen LogP contribution is 2.20. The maximum Gasteiger partial charge on any atom is 0.275 e. The van der Waals surface area contributed by atoms with Gasteiger partial charge in [0.2, 0.25) is 0 Å². The molecule has 3 aromatic rings. The minimum atomic E-state index is -0.373. The third-order valence-corrected chi connectivity index (χ3v) is 3.79. The van der Waals surface area contributed by atoms with E-state index in [0.717, 1.165) is 5.69 Å². The molecule has 0 unspecified atom stereocenters. The second kappa shape index (κ2) is 7.35. The van der Waals surface area contributed by atoms with Gasteiger partial charge in [0.25, 0.3) is 5.91 Å². The summed E-state index contributed by atoms with van der Waals surface area (Å²) in [7, 11) is 0. The normalized spacial score (nSPS) is 10.8. The fraction of sp³-hybridized carbons (Fsp3) is 0.263. The zero-order valence-electron chi connectivity index (χ0n) is 15.2.